The van der Waals surface area contributed by atoms with Gasteiger partial charge in [-0.2, -0.15) is 0 Å². The Morgan fingerprint density at radius 3 is 2.48 bits per heavy atom. The van der Waals surface area contributed by atoms with Crippen molar-refractivity contribution in [3.63, 3.8) is 0 Å². The van der Waals surface area contributed by atoms with E-state index in [0.717, 1.165) is 5.56 Å². The number of rotatable bonds is 6. The molecule has 0 aliphatic rings. The monoisotopic (exact) mass is 314 g/mol. The summed E-state index contributed by atoms with van der Waals surface area (Å²) in [5.41, 5.74) is 1.55. The molecule has 0 radical (unpaired) electrons. The van der Waals surface area contributed by atoms with Crippen molar-refractivity contribution in [1.29, 1.82) is 0 Å². The fourth-order valence-electron chi connectivity index (χ4n) is 2.29. The lowest BCUT2D eigenvalue weighted by atomic mass is 10.0. The maximum atomic E-state index is 13.1. The van der Waals surface area contributed by atoms with Gasteiger partial charge in [0.1, 0.15) is 5.82 Å². The predicted octanol–water partition coefficient (Wildman–Crippen LogP) is 2.71. The van der Waals surface area contributed by atoms with Crippen LogP contribution in [0.2, 0.25) is 0 Å². The van der Waals surface area contributed by atoms with E-state index in [1.807, 2.05) is 30.3 Å². The van der Waals surface area contributed by atoms with E-state index in [-0.39, 0.29) is 36.6 Å². The molecule has 5 heteroatoms. The largest absolute Gasteiger partial charge is 0.352 e. The van der Waals surface area contributed by atoms with Gasteiger partial charge in [0.15, 0.2) is 0 Å². The van der Waals surface area contributed by atoms with Crippen LogP contribution in [0, 0.1) is 5.82 Å². The summed E-state index contributed by atoms with van der Waals surface area (Å²) in [5.74, 6) is -0.745. The molecule has 0 fully saturated rings. The first-order valence-electron chi connectivity index (χ1n) is 7.38. The van der Waals surface area contributed by atoms with E-state index < -0.39 is 0 Å². The van der Waals surface area contributed by atoms with Crippen LogP contribution >= 0.6 is 0 Å². The fourth-order valence-corrected chi connectivity index (χ4v) is 2.29. The Hall–Kier alpha value is -2.69. The second-order valence-electron chi connectivity index (χ2n) is 5.27. The third-order valence-electron chi connectivity index (χ3n) is 3.35. The molecule has 1 unspecified atom stereocenters. The second-order valence-corrected chi connectivity index (χ2v) is 5.27. The number of nitrogens with one attached hydrogen (secondary N) is 2. The van der Waals surface area contributed by atoms with Gasteiger partial charge in [0, 0.05) is 13.5 Å². The van der Waals surface area contributed by atoms with Crippen molar-refractivity contribution in [2.75, 3.05) is 0 Å². The maximum absolute atomic E-state index is 13.1. The van der Waals surface area contributed by atoms with Gasteiger partial charge in [-0.25, -0.2) is 4.39 Å². The van der Waals surface area contributed by atoms with Crippen molar-refractivity contribution in [2.24, 2.45) is 0 Å². The zero-order valence-electron chi connectivity index (χ0n) is 12.9. The van der Waals surface area contributed by atoms with Gasteiger partial charge < -0.3 is 10.6 Å². The number of hydrogen-bond donors (Lipinski definition) is 2. The number of amides is 2. The fraction of sp³-hybridized carbons (Fsp3) is 0.222. The Kier molecular flexibility index (Phi) is 5.86. The van der Waals surface area contributed by atoms with Crippen LogP contribution in [0.5, 0.6) is 0 Å². The van der Waals surface area contributed by atoms with Crippen molar-refractivity contribution < 1.29 is 14.0 Å². The van der Waals surface area contributed by atoms with E-state index >= 15 is 0 Å². The average molecular weight is 314 g/mol. The Labute approximate surface area is 134 Å². The van der Waals surface area contributed by atoms with Crippen molar-refractivity contribution in [2.45, 2.75) is 25.9 Å². The summed E-state index contributed by atoms with van der Waals surface area (Å²) < 4.78 is 13.1. The Balaban J connectivity index is 1.96. The zero-order chi connectivity index (χ0) is 16.7. The van der Waals surface area contributed by atoms with Crippen LogP contribution in [0.1, 0.15) is 30.5 Å². The summed E-state index contributed by atoms with van der Waals surface area (Å²) in [7, 11) is 0. The molecular formula is C18H19FN2O2. The normalized spacial score (nSPS) is 11.6. The van der Waals surface area contributed by atoms with Gasteiger partial charge in [0.05, 0.1) is 12.5 Å². The van der Waals surface area contributed by atoms with Gasteiger partial charge in [-0.1, -0.05) is 42.5 Å². The lowest BCUT2D eigenvalue weighted by Crippen LogP contribution is -2.32. The van der Waals surface area contributed by atoms with Crippen LogP contribution in [0.4, 0.5) is 4.39 Å². The second kappa shape index (κ2) is 8.08. The van der Waals surface area contributed by atoms with Gasteiger partial charge in [0.25, 0.3) is 0 Å². The molecule has 0 aliphatic carbocycles. The minimum Gasteiger partial charge on any atom is -0.352 e. The molecule has 120 valence electrons. The molecule has 0 aromatic heterocycles. The van der Waals surface area contributed by atoms with Crippen LogP contribution < -0.4 is 10.6 Å². The predicted molar refractivity (Wildman–Crippen MR) is 85.9 cm³/mol. The third-order valence-corrected chi connectivity index (χ3v) is 3.35. The average Bonchev–Trinajstić information content (AvgIpc) is 2.53. The topological polar surface area (TPSA) is 58.2 Å². The zero-order valence-corrected chi connectivity index (χ0v) is 12.9. The first kappa shape index (κ1) is 16.7. The number of halogens is 1. The van der Waals surface area contributed by atoms with Gasteiger partial charge in [-0.3, -0.25) is 9.59 Å². The van der Waals surface area contributed by atoms with E-state index in [9.17, 15) is 14.0 Å². The first-order valence-corrected chi connectivity index (χ1v) is 7.38. The van der Waals surface area contributed by atoms with Gasteiger partial charge >= 0.3 is 0 Å². The molecule has 0 bridgehead atoms. The van der Waals surface area contributed by atoms with Gasteiger partial charge in [-0.15, -0.1) is 0 Å². The van der Waals surface area contributed by atoms with Gasteiger partial charge in [0.2, 0.25) is 11.8 Å². The van der Waals surface area contributed by atoms with Crippen LogP contribution in [0.25, 0.3) is 0 Å². The first-order chi connectivity index (χ1) is 11.0. The molecule has 0 saturated heterocycles. The maximum Gasteiger partial charge on any atom is 0.222 e. The minimum absolute atomic E-state index is 0.124. The molecular weight excluding hydrogens is 295 g/mol. The molecule has 23 heavy (non-hydrogen) atoms. The van der Waals surface area contributed by atoms with Crippen molar-refractivity contribution >= 4 is 11.8 Å². The van der Waals surface area contributed by atoms with E-state index in [0.29, 0.717) is 5.56 Å². The summed E-state index contributed by atoms with van der Waals surface area (Å²) in [6.45, 7) is 1.67. The molecule has 2 aromatic carbocycles. The van der Waals surface area contributed by atoms with E-state index in [4.69, 9.17) is 0 Å². The van der Waals surface area contributed by atoms with Crippen molar-refractivity contribution in [1.82, 2.24) is 10.6 Å². The van der Waals surface area contributed by atoms with Crippen LogP contribution in [0.15, 0.2) is 54.6 Å². The van der Waals surface area contributed by atoms with E-state index in [1.165, 1.54) is 19.1 Å². The molecule has 1 atom stereocenters. The molecule has 2 aromatic rings. The number of benzene rings is 2. The molecule has 0 saturated carbocycles. The molecule has 2 rings (SSSR count). The summed E-state index contributed by atoms with van der Waals surface area (Å²) in [6, 6.07) is 15.0. The SMILES string of the molecule is CC(=O)NC(CC(=O)NCc1cccc(F)c1)c1ccccc1. The highest BCUT2D eigenvalue weighted by atomic mass is 19.1. The third kappa shape index (κ3) is 5.54. The van der Waals surface area contributed by atoms with Crippen molar-refractivity contribution in [3.05, 3.63) is 71.5 Å². The summed E-state index contributed by atoms with van der Waals surface area (Å²) >= 11 is 0. The van der Waals surface area contributed by atoms with E-state index in [1.54, 1.807) is 12.1 Å². The van der Waals surface area contributed by atoms with Crippen LogP contribution in [-0.2, 0) is 16.1 Å². The molecule has 4 nitrogen and oxygen atoms in total. The number of carbonyl (C=O) groups is 2. The standard InChI is InChI=1S/C18H19FN2O2/c1-13(22)21-17(15-7-3-2-4-8-15)11-18(23)20-12-14-6-5-9-16(19)10-14/h2-10,17H,11-12H2,1H3,(H,20,23)(H,21,22). The summed E-state index contributed by atoms with van der Waals surface area (Å²) in [4.78, 5) is 23.5. The molecule has 2 amide bonds. The Bertz CT molecular complexity index is 674. The highest BCUT2D eigenvalue weighted by Crippen LogP contribution is 2.16. The summed E-state index contributed by atoms with van der Waals surface area (Å²) in [5, 5.41) is 5.52. The number of hydrogen-bond acceptors (Lipinski definition) is 2. The highest BCUT2D eigenvalue weighted by molar-refractivity contribution is 5.79. The Morgan fingerprint density at radius 1 is 1.09 bits per heavy atom. The summed E-state index contributed by atoms with van der Waals surface area (Å²) in [6.07, 6.45) is 0.124. The quantitative estimate of drug-likeness (QED) is 0.861. The lowest BCUT2D eigenvalue weighted by Gasteiger charge is -2.18. The van der Waals surface area contributed by atoms with Gasteiger partial charge in [-0.05, 0) is 23.3 Å². The lowest BCUT2D eigenvalue weighted by molar-refractivity contribution is -0.122. The molecule has 0 aliphatic heterocycles. The minimum atomic E-state index is -0.388. The van der Waals surface area contributed by atoms with Crippen LogP contribution in [0.3, 0.4) is 0 Å². The van der Waals surface area contributed by atoms with E-state index in [2.05, 4.69) is 10.6 Å². The van der Waals surface area contributed by atoms with Crippen molar-refractivity contribution in [3.8, 4) is 0 Å². The molecule has 0 spiro atoms. The molecule has 0 heterocycles. The number of carbonyl (C=O) groups excluding carboxylic acids is 2. The highest BCUT2D eigenvalue weighted by Gasteiger charge is 2.16. The molecule has 2 N–H and O–H groups in total. The Morgan fingerprint density at radius 2 is 1.83 bits per heavy atom. The van der Waals surface area contributed by atoms with Crippen LogP contribution in [-0.4, -0.2) is 11.8 Å². The smallest absolute Gasteiger partial charge is 0.222 e.